The van der Waals surface area contributed by atoms with Crippen molar-refractivity contribution in [1.82, 2.24) is 0 Å². The standard InChI is InChI=1S/C22H18O4/c1-3-25-21-15-11-7-8-12-16(15)22(26-4-2)18-17(21)19(23)13-9-5-6-10-14(13)20(18)24/h5-12H,3-4H2,1-2H3. The SMILES string of the molecule is CCOc1c2c(c(OCC)c3ccccc13)C(=O)c1ccccc1C2=O. The average Bonchev–Trinajstić information content (AvgIpc) is 2.68. The monoisotopic (exact) mass is 346 g/mol. The quantitative estimate of drug-likeness (QED) is 0.549. The molecule has 0 saturated heterocycles. The summed E-state index contributed by atoms with van der Waals surface area (Å²) < 4.78 is 11.7. The van der Waals surface area contributed by atoms with Gasteiger partial charge in [0.2, 0.25) is 0 Å². The van der Waals surface area contributed by atoms with Crippen LogP contribution in [-0.2, 0) is 0 Å². The van der Waals surface area contributed by atoms with E-state index in [4.69, 9.17) is 9.47 Å². The van der Waals surface area contributed by atoms with E-state index in [-0.39, 0.29) is 11.6 Å². The van der Waals surface area contributed by atoms with Crippen LogP contribution in [0.3, 0.4) is 0 Å². The lowest BCUT2D eigenvalue weighted by Gasteiger charge is -2.24. The van der Waals surface area contributed by atoms with E-state index in [9.17, 15) is 9.59 Å². The van der Waals surface area contributed by atoms with Crippen molar-refractivity contribution in [2.24, 2.45) is 0 Å². The first kappa shape index (κ1) is 16.3. The molecule has 1 aliphatic rings. The molecule has 0 atom stereocenters. The first-order valence-corrected chi connectivity index (χ1v) is 8.71. The van der Waals surface area contributed by atoms with Crippen molar-refractivity contribution in [1.29, 1.82) is 0 Å². The Morgan fingerprint density at radius 1 is 0.654 bits per heavy atom. The van der Waals surface area contributed by atoms with Crippen molar-refractivity contribution in [2.75, 3.05) is 13.2 Å². The minimum absolute atomic E-state index is 0.203. The minimum Gasteiger partial charge on any atom is -0.492 e. The Morgan fingerprint density at radius 3 is 1.42 bits per heavy atom. The summed E-state index contributed by atoms with van der Waals surface area (Å²) in [5, 5.41) is 1.55. The number of ether oxygens (including phenoxy) is 2. The topological polar surface area (TPSA) is 52.6 Å². The van der Waals surface area contributed by atoms with Gasteiger partial charge >= 0.3 is 0 Å². The molecular formula is C22H18O4. The van der Waals surface area contributed by atoms with Crippen molar-refractivity contribution in [3.8, 4) is 11.5 Å². The molecule has 3 aromatic rings. The molecule has 3 aromatic carbocycles. The first-order chi connectivity index (χ1) is 12.7. The van der Waals surface area contributed by atoms with Crippen molar-refractivity contribution in [2.45, 2.75) is 13.8 Å². The van der Waals surface area contributed by atoms with Gasteiger partial charge in [0, 0.05) is 21.9 Å². The van der Waals surface area contributed by atoms with Crippen LogP contribution in [0.15, 0.2) is 48.5 Å². The van der Waals surface area contributed by atoms with Gasteiger partial charge in [-0.1, -0.05) is 48.5 Å². The molecule has 0 radical (unpaired) electrons. The van der Waals surface area contributed by atoms with Gasteiger partial charge in [-0.2, -0.15) is 0 Å². The zero-order valence-corrected chi connectivity index (χ0v) is 14.7. The van der Waals surface area contributed by atoms with Gasteiger partial charge in [0.25, 0.3) is 0 Å². The molecule has 0 heterocycles. The van der Waals surface area contributed by atoms with Gasteiger partial charge in [0.15, 0.2) is 11.6 Å². The van der Waals surface area contributed by atoms with Crippen LogP contribution in [0.2, 0.25) is 0 Å². The molecule has 4 heteroatoms. The minimum atomic E-state index is -0.203. The maximum atomic E-state index is 13.3. The third-order valence-electron chi connectivity index (χ3n) is 4.57. The highest BCUT2D eigenvalue weighted by atomic mass is 16.5. The Bertz CT molecular complexity index is 966. The third-order valence-corrected chi connectivity index (χ3v) is 4.57. The third kappa shape index (κ3) is 2.22. The Hall–Kier alpha value is -3.14. The van der Waals surface area contributed by atoms with E-state index < -0.39 is 0 Å². The number of carbonyl (C=O) groups excluding carboxylic acids is 2. The zero-order valence-electron chi connectivity index (χ0n) is 14.7. The van der Waals surface area contributed by atoms with Crippen LogP contribution in [0.5, 0.6) is 11.5 Å². The van der Waals surface area contributed by atoms with Crippen LogP contribution in [0.4, 0.5) is 0 Å². The fourth-order valence-corrected chi connectivity index (χ4v) is 3.55. The second kappa shape index (κ2) is 6.30. The van der Waals surface area contributed by atoms with Crippen LogP contribution in [0.1, 0.15) is 45.7 Å². The maximum absolute atomic E-state index is 13.3. The summed E-state index contributed by atoms with van der Waals surface area (Å²) in [6.07, 6.45) is 0. The number of carbonyl (C=O) groups is 2. The summed E-state index contributed by atoms with van der Waals surface area (Å²) in [6.45, 7) is 4.52. The van der Waals surface area contributed by atoms with Crippen molar-refractivity contribution >= 4 is 22.3 Å². The smallest absolute Gasteiger partial charge is 0.198 e. The molecule has 0 unspecified atom stereocenters. The number of ketones is 2. The van der Waals surface area contributed by atoms with Gasteiger partial charge in [-0.05, 0) is 13.8 Å². The molecule has 0 spiro atoms. The highest BCUT2D eigenvalue weighted by molar-refractivity contribution is 6.32. The summed E-state index contributed by atoms with van der Waals surface area (Å²) in [5.41, 5.74) is 1.42. The Balaban J connectivity index is 2.17. The molecule has 0 fully saturated rings. The van der Waals surface area contributed by atoms with Crippen molar-refractivity contribution < 1.29 is 19.1 Å². The molecule has 4 nitrogen and oxygen atoms in total. The number of hydrogen-bond acceptors (Lipinski definition) is 4. The lowest BCUT2D eigenvalue weighted by atomic mass is 9.81. The molecule has 0 aliphatic heterocycles. The summed E-state index contributed by atoms with van der Waals surface area (Å²) >= 11 is 0. The summed E-state index contributed by atoms with van der Waals surface area (Å²) in [6, 6.07) is 14.4. The predicted molar refractivity (Wildman–Crippen MR) is 99.6 cm³/mol. The summed E-state index contributed by atoms with van der Waals surface area (Å²) in [5.74, 6) is 0.500. The molecule has 1 aliphatic carbocycles. The van der Waals surface area contributed by atoms with Crippen molar-refractivity contribution in [3.63, 3.8) is 0 Å². The first-order valence-electron chi connectivity index (χ1n) is 8.71. The number of fused-ring (bicyclic) bond motifs is 3. The van der Waals surface area contributed by atoms with Crippen LogP contribution >= 0.6 is 0 Å². The van der Waals surface area contributed by atoms with Crippen LogP contribution < -0.4 is 9.47 Å². The molecule has 4 rings (SSSR count). The van der Waals surface area contributed by atoms with E-state index in [0.29, 0.717) is 47.0 Å². The lowest BCUT2D eigenvalue weighted by molar-refractivity contribution is 0.0973. The van der Waals surface area contributed by atoms with E-state index in [0.717, 1.165) is 10.8 Å². The molecule has 26 heavy (non-hydrogen) atoms. The van der Waals surface area contributed by atoms with E-state index in [1.54, 1.807) is 24.3 Å². The fraction of sp³-hybridized carbons (Fsp3) is 0.182. The molecular weight excluding hydrogens is 328 g/mol. The Kier molecular flexibility index (Phi) is 3.96. The van der Waals surface area contributed by atoms with E-state index in [1.807, 2.05) is 38.1 Å². The highest BCUT2D eigenvalue weighted by Gasteiger charge is 2.37. The average molecular weight is 346 g/mol. The lowest BCUT2D eigenvalue weighted by Crippen LogP contribution is -2.23. The summed E-state index contributed by atoms with van der Waals surface area (Å²) in [4.78, 5) is 26.5. The second-order valence-electron chi connectivity index (χ2n) is 6.02. The normalized spacial score (nSPS) is 12.7. The molecule has 130 valence electrons. The Morgan fingerprint density at radius 2 is 1.04 bits per heavy atom. The highest BCUT2D eigenvalue weighted by Crippen LogP contribution is 2.45. The van der Waals surface area contributed by atoms with E-state index in [2.05, 4.69) is 0 Å². The molecule has 0 amide bonds. The molecule has 0 bridgehead atoms. The van der Waals surface area contributed by atoms with Crippen molar-refractivity contribution in [3.05, 3.63) is 70.8 Å². The van der Waals surface area contributed by atoms with Crippen LogP contribution in [0, 0.1) is 0 Å². The van der Waals surface area contributed by atoms with Crippen LogP contribution in [-0.4, -0.2) is 24.8 Å². The predicted octanol–water partition coefficient (Wildman–Crippen LogP) is 4.41. The number of hydrogen-bond donors (Lipinski definition) is 0. The van der Waals surface area contributed by atoms with E-state index >= 15 is 0 Å². The summed E-state index contributed by atoms with van der Waals surface area (Å²) in [7, 11) is 0. The number of rotatable bonds is 4. The van der Waals surface area contributed by atoms with Gasteiger partial charge in [-0.3, -0.25) is 9.59 Å². The second-order valence-corrected chi connectivity index (χ2v) is 6.02. The van der Waals surface area contributed by atoms with Gasteiger partial charge in [-0.25, -0.2) is 0 Å². The van der Waals surface area contributed by atoms with Gasteiger partial charge in [0.05, 0.1) is 24.3 Å². The van der Waals surface area contributed by atoms with E-state index in [1.165, 1.54) is 0 Å². The van der Waals surface area contributed by atoms with Gasteiger partial charge in [-0.15, -0.1) is 0 Å². The van der Waals surface area contributed by atoms with Gasteiger partial charge in [0.1, 0.15) is 11.5 Å². The number of benzene rings is 3. The largest absolute Gasteiger partial charge is 0.492 e. The zero-order chi connectivity index (χ0) is 18.3. The van der Waals surface area contributed by atoms with Gasteiger partial charge < -0.3 is 9.47 Å². The molecule has 0 N–H and O–H groups in total. The molecule has 0 saturated carbocycles. The van der Waals surface area contributed by atoms with Crippen LogP contribution in [0.25, 0.3) is 10.8 Å². The fourth-order valence-electron chi connectivity index (χ4n) is 3.55. The Labute approximate surface area is 151 Å². The molecule has 0 aromatic heterocycles. The maximum Gasteiger partial charge on any atom is 0.198 e.